The molecular formula is C24H18O4. The summed E-state index contributed by atoms with van der Waals surface area (Å²) in [6.45, 7) is 0. The molecule has 0 bridgehead atoms. The SMILES string of the molecule is Oc1ccc(-c2cocc2-c2ccccc2/C=C/c2cc(O)cc(O)c2)cc1. The van der Waals surface area contributed by atoms with Crippen molar-refractivity contribution in [3.8, 4) is 39.5 Å². The molecule has 0 amide bonds. The molecule has 0 saturated heterocycles. The molecule has 4 aromatic rings. The molecule has 0 unspecified atom stereocenters. The van der Waals surface area contributed by atoms with E-state index >= 15 is 0 Å². The maximum absolute atomic E-state index is 9.65. The third-order valence-corrected chi connectivity index (χ3v) is 4.47. The molecule has 3 aromatic carbocycles. The minimum atomic E-state index is 0.0115. The van der Waals surface area contributed by atoms with Crippen molar-refractivity contribution in [2.45, 2.75) is 0 Å². The van der Waals surface area contributed by atoms with Crippen molar-refractivity contribution in [2.75, 3.05) is 0 Å². The van der Waals surface area contributed by atoms with Gasteiger partial charge >= 0.3 is 0 Å². The number of benzene rings is 3. The first-order chi connectivity index (χ1) is 13.6. The van der Waals surface area contributed by atoms with E-state index in [1.807, 2.05) is 48.6 Å². The van der Waals surface area contributed by atoms with Gasteiger partial charge in [-0.15, -0.1) is 0 Å². The van der Waals surface area contributed by atoms with E-state index in [0.29, 0.717) is 5.56 Å². The summed E-state index contributed by atoms with van der Waals surface area (Å²) in [6.07, 6.45) is 7.15. The van der Waals surface area contributed by atoms with Gasteiger partial charge in [-0.3, -0.25) is 0 Å². The van der Waals surface area contributed by atoms with E-state index in [1.54, 1.807) is 36.8 Å². The minimum Gasteiger partial charge on any atom is -0.508 e. The van der Waals surface area contributed by atoms with Gasteiger partial charge in [0.2, 0.25) is 0 Å². The maximum Gasteiger partial charge on any atom is 0.119 e. The Balaban J connectivity index is 1.74. The second-order valence-electron chi connectivity index (χ2n) is 6.45. The van der Waals surface area contributed by atoms with Crippen LogP contribution in [0, 0.1) is 0 Å². The van der Waals surface area contributed by atoms with Gasteiger partial charge in [0.05, 0.1) is 12.5 Å². The Hall–Kier alpha value is -3.92. The molecule has 0 fully saturated rings. The van der Waals surface area contributed by atoms with Crippen LogP contribution in [0.5, 0.6) is 17.2 Å². The highest BCUT2D eigenvalue weighted by atomic mass is 16.3. The van der Waals surface area contributed by atoms with Crippen LogP contribution >= 0.6 is 0 Å². The molecule has 4 heteroatoms. The predicted octanol–water partition coefficient (Wildman–Crippen LogP) is 5.90. The van der Waals surface area contributed by atoms with Crippen molar-refractivity contribution < 1.29 is 19.7 Å². The molecule has 0 saturated carbocycles. The summed E-state index contributed by atoms with van der Waals surface area (Å²) in [6, 6.07) is 19.3. The first-order valence-corrected chi connectivity index (χ1v) is 8.76. The number of furan rings is 1. The van der Waals surface area contributed by atoms with E-state index in [-0.39, 0.29) is 17.2 Å². The highest BCUT2D eigenvalue weighted by molar-refractivity contribution is 5.88. The van der Waals surface area contributed by atoms with Crippen LogP contribution in [0.1, 0.15) is 11.1 Å². The van der Waals surface area contributed by atoms with Gasteiger partial charge in [0.1, 0.15) is 17.2 Å². The molecule has 1 aromatic heterocycles. The quantitative estimate of drug-likeness (QED) is 0.391. The van der Waals surface area contributed by atoms with Gasteiger partial charge in [0.25, 0.3) is 0 Å². The van der Waals surface area contributed by atoms with E-state index in [2.05, 4.69) is 0 Å². The van der Waals surface area contributed by atoms with Crippen LogP contribution in [0.3, 0.4) is 0 Å². The summed E-state index contributed by atoms with van der Waals surface area (Å²) in [5.41, 5.74) is 5.45. The Morgan fingerprint density at radius 1 is 0.607 bits per heavy atom. The summed E-state index contributed by atoms with van der Waals surface area (Å²) < 4.78 is 5.48. The van der Waals surface area contributed by atoms with Crippen LogP contribution in [0.25, 0.3) is 34.4 Å². The van der Waals surface area contributed by atoms with E-state index in [9.17, 15) is 15.3 Å². The highest BCUT2D eigenvalue weighted by Crippen LogP contribution is 2.36. The summed E-state index contributed by atoms with van der Waals surface area (Å²) in [5, 5.41) is 28.8. The van der Waals surface area contributed by atoms with Crippen LogP contribution < -0.4 is 0 Å². The lowest BCUT2D eigenvalue weighted by Crippen LogP contribution is -1.84. The van der Waals surface area contributed by atoms with Crippen LogP contribution in [-0.4, -0.2) is 15.3 Å². The van der Waals surface area contributed by atoms with Crippen LogP contribution in [0.15, 0.2) is 83.7 Å². The van der Waals surface area contributed by atoms with E-state index in [1.165, 1.54) is 6.07 Å². The van der Waals surface area contributed by atoms with Crippen LogP contribution in [0.4, 0.5) is 0 Å². The van der Waals surface area contributed by atoms with Crippen LogP contribution in [-0.2, 0) is 0 Å². The van der Waals surface area contributed by atoms with Crippen molar-refractivity contribution in [1.29, 1.82) is 0 Å². The van der Waals surface area contributed by atoms with Gasteiger partial charge in [-0.2, -0.15) is 0 Å². The summed E-state index contributed by atoms with van der Waals surface area (Å²) in [7, 11) is 0. The number of aromatic hydroxyl groups is 3. The second-order valence-corrected chi connectivity index (χ2v) is 6.45. The minimum absolute atomic E-state index is 0.0115. The zero-order valence-corrected chi connectivity index (χ0v) is 14.9. The lowest BCUT2D eigenvalue weighted by molar-refractivity contribution is 0.450. The molecule has 0 radical (unpaired) electrons. The Morgan fingerprint density at radius 3 is 2.04 bits per heavy atom. The standard InChI is InChI=1S/C24H18O4/c25-19-9-7-18(8-10-19)23-14-28-15-24(23)22-4-2-1-3-17(22)6-5-16-11-20(26)13-21(27)12-16/h1-15,25-27H/b6-5+. The number of rotatable bonds is 4. The van der Waals surface area contributed by atoms with Crippen molar-refractivity contribution >= 4 is 12.2 Å². The maximum atomic E-state index is 9.65. The molecule has 3 N–H and O–H groups in total. The van der Waals surface area contributed by atoms with Gasteiger partial charge in [-0.05, 0) is 46.5 Å². The molecule has 4 nitrogen and oxygen atoms in total. The first kappa shape index (κ1) is 17.5. The van der Waals surface area contributed by atoms with E-state index in [4.69, 9.17) is 4.42 Å². The first-order valence-electron chi connectivity index (χ1n) is 8.76. The van der Waals surface area contributed by atoms with Gasteiger partial charge in [-0.1, -0.05) is 48.6 Å². The third-order valence-electron chi connectivity index (χ3n) is 4.47. The topological polar surface area (TPSA) is 73.8 Å². The summed E-state index contributed by atoms with van der Waals surface area (Å²) >= 11 is 0. The van der Waals surface area contributed by atoms with Gasteiger partial charge < -0.3 is 19.7 Å². The molecule has 28 heavy (non-hydrogen) atoms. The fraction of sp³-hybridized carbons (Fsp3) is 0. The zero-order chi connectivity index (χ0) is 19.5. The summed E-state index contributed by atoms with van der Waals surface area (Å²) in [4.78, 5) is 0. The predicted molar refractivity (Wildman–Crippen MR) is 110 cm³/mol. The molecule has 0 spiro atoms. The van der Waals surface area contributed by atoms with Crippen molar-refractivity contribution in [3.63, 3.8) is 0 Å². The number of phenolic OH excluding ortho intramolecular Hbond substituents is 3. The Labute approximate surface area is 162 Å². The van der Waals surface area contributed by atoms with Gasteiger partial charge in [-0.25, -0.2) is 0 Å². The molecule has 0 aliphatic rings. The molecule has 0 aliphatic heterocycles. The van der Waals surface area contributed by atoms with E-state index in [0.717, 1.165) is 27.8 Å². The lowest BCUT2D eigenvalue weighted by Gasteiger charge is -2.08. The summed E-state index contributed by atoms with van der Waals surface area (Å²) in [5.74, 6) is 0.237. The molecular weight excluding hydrogens is 352 g/mol. The van der Waals surface area contributed by atoms with Crippen molar-refractivity contribution in [2.24, 2.45) is 0 Å². The lowest BCUT2D eigenvalue weighted by atomic mass is 9.95. The molecule has 0 atom stereocenters. The fourth-order valence-electron chi connectivity index (χ4n) is 3.16. The van der Waals surface area contributed by atoms with E-state index < -0.39 is 0 Å². The zero-order valence-electron chi connectivity index (χ0n) is 14.9. The average Bonchev–Trinajstić information content (AvgIpc) is 3.16. The number of phenols is 3. The molecule has 1 heterocycles. The normalized spacial score (nSPS) is 11.1. The Morgan fingerprint density at radius 2 is 1.29 bits per heavy atom. The number of hydrogen-bond donors (Lipinski definition) is 3. The third kappa shape index (κ3) is 3.62. The average molecular weight is 370 g/mol. The van der Waals surface area contributed by atoms with Gasteiger partial charge in [0.15, 0.2) is 0 Å². The van der Waals surface area contributed by atoms with Gasteiger partial charge in [0, 0.05) is 17.2 Å². The smallest absolute Gasteiger partial charge is 0.119 e. The van der Waals surface area contributed by atoms with Crippen molar-refractivity contribution in [1.82, 2.24) is 0 Å². The Bertz CT molecular complexity index is 1120. The Kier molecular flexibility index (Phi) is 4.60. The largest absolute Gasteiger partial charge is 0.508 e. The second kappa shape index (κ2) is 7.37. The molecule has 138 valence electrons. The highest BCUT2D eigenvalue weighted by Gasteiger charge is 2.12. The van der Waals surface area contributed by atoms with Crippen LogP contribution in [0.2, 0.25) is 0 Å². The molecule has 0 aliphatic carbocycles. The number of hydrogen-bond acceptors (Lipinski definition) is 4. The molecule has 4 rings (SSSR count). The fourth-order valence-corrected chi connectivity index (χ4v) is 3.16. The monoisotopic (exact) mass is 370 g/mol. The van der Waals surface area contributed by atoms with Crippen molar-refractivity contribution in [3.05, 3.63) is 90.4 Å².